The first-order chi connectivity index (χ1) is 10.5. The summed E-state index contributed by atoms with van der Waals surface area (Å²) in [5, 5.41) is 2.76. The zero-order valence-corrected chi connectivity index (χ0v) is 13.6. The Kier molecular flexibility index (Phi) is 6.01. The lowest BCUT2D eigenvalue weighted by Gasteiger charge is -2.12. The van der Waals surface area contributed by atoms with Crippen molar-refractivity contribution in [2.75, 3.05) is 0 Å². The van der Waals surface area contributed by atoms with Gasteiger partial charge in [0.15, 0.2) is 0 Å². The highest BCUT2D eigenvalue weighted by Crippen LogP contribution is 2.18. The van der Waals surface area contributed by atoms with Gasteiger partial charge in [0.25, 0.3) is 0 Å². The molecule has 0 unspecified atom stereocenters. The van der Waals surface area contributed by atoms with Crippen LogP contribution in [0.15, 0.2) is 48.5 Å². The molecular weight excluding hydrogens is 297 g/mol. The van der Waals surface area contributed by atoms with E-state index >= 15 is 0 Å². The Labute approximate surface area is 135 Å². The van der Waals surface area contributed by atoms with E-state index in [1.54, 1.807) is 23.9 Å². The Bertz CT molecular complexity index is 627. The fourth-order valence-electron chi connectivity index (χ4n) is 2.03. The van der Waals surface area contributed by atoms with Crippen LogP contribution in [0.4, 0.5) is 4.39 Å². The highest BCUT2D eigenvalue weighted by molar-refractivity contribution is 7.99. The van der Waals surface area contributed by atoms with Crippen LogP contribution in [0.25, 0.3) is 0 Å². The van der Waals surface area contributed by atoms with E-state index in [1.807, 2.05) is 13.0 Å². The molecule has 0 saturated carbocycles. The number of rotatable bonds is 6. The molecule has 0 spiro atoms. The van der Waals surface area contributed by atoms with E-state index in [2.05, 4.69) is 30.4 Å². The molecule has 116 valence electrons. The monoisotopic (exact) mass is 317 g/mol. The van der Waals surface area contributed by atoms with E-state index < -0.39 is 0 Å². The molecule has 0 aromatic heterocycles. The minimum absolute atomic E-state index is 0.00183. The number of carbonyl (C=O) groups is 1. The first kappa shape index (κ1) is 16.6. The molecule has 1 amide bonds. The number of hydrogen-bond acceptors (Lipinski definition) is 2. The fourth-order valence-corrected chi connectivity index (χ4v) is 2.89. The average molecular weight is 317 g/mol. The Morgan fingerprint density at radius 1 is 1.18 bits per heavy atom. The Morgan fingerprint density at radius 3 is 2.59 bits per heavy atom. The molecule has 0 bridgehead atoms. The summed E-state index contributed by atoms with van der Waals surface area (Å²) >= 11 is 1.61. The number of amides is 1. The first-order valence-electron chi connectivity index (χ1n) is 7.24. The molecule has 1 atom stereocenters. The third-order valence-corrected chi connectivity index (χ3v) is 4.55. The largest absolute Gasteiger partial charge is 0.351 e. The van der Waals surface area contributed by atoms with Gasteiger partial charge in [-0.2, -0.15) is 0 Å². The van der Waals surface area contributed by atoms with Crippen LogP contribution in [-0.2, 0) is 17.1 Å². The Morgan fingerprint density at radius 2 is 1.91 bits per heavy atom. The highest BCUT2D eigenvalue weighted by atomic mass is 32.2. The molecule has 0 aliphatic carbocycles. The number of benzene rings is 2. The molecule has 22 heavy (non-hydrogen) atoms. The molecule has 0 fully saturated rings. The summed E-state index contributed by atoms with van der Waals surface area (Å²) in [6.07, 6.45) is 0. The smallest absolute Gasteiger partial charge is 0.233 e. The van der Waals surface area contributed by atoms with Crippen LogP contribution in [-0.4, -0.2) is 11.2 Å². The van der Waals surface area contributed by atoms with Crippen LogP contribution in [0, 0.1) is 12.7 Å². The molecule has 0 aliphatic rings. The van der Waals surface area contributed by atoms with Crippen molar-refractivity contribution in [2.24, 2.45) is 0 Å². The maximum Gasteiger partial charge on any atom is 0.233 e. The lowest BCUT2D eigenvalue weighted by atomic mass is 10.2. The van der Waals surface area contributed by atoms with Gasteiger partial charge in [0.2, 0.25) is 5.91 Å². The molecule has 0 radical (unpaired) electrons. The summed E-state index contributed by atoms with van der Waals surface area (Å²) in [7, 11) is 0. The molecule has 0 aliphatic heterocycles. The van der Waals surface area contributed by atoms with E-state index in [4.69, 9.17) is 0 Å². The number of nitrogens with one attached hydrogen (secondary N) is 1. The van der Waals surface area contributed by atoms with E-state index in [-0.39, 0.29) is 17.0 Å². The van der Waals surface area contributed by atoms with Crippen molar-refractivity contribution in [1.82, 2.24) is 5.32 Å². The van der Waals surface area contributed by atoms with Crippen LogP contribution >= 0.6 is 11.8 Å². The molecular formula is C18H20FNOS. The Hall–Kier alpha value is -1.81. The van der Waals surface area contributed by atoms with Gasteiger partial charge in [0, 0.05) is 12.3 Å². The highest BCUT2D eigenvalue weighted by Gasteiger charge is 2.13. The third-order valence-electron chi connectivity index (χ3n) is 3.33. The molecule has 2 rings (SSSR count). The zero-order chi connectivity index (χ0) is 15.9. The second-order valence-corrected chi connectivity index (χ2v) is 6.62. The summed E-state index contributed by atoms with van der Waals surface area (Å²) in [6, 6.07) is 14.5. The van der Waals surface area contributed by atoms with Crippen LogP contribution in [0.2, 0.25) is 0 Å². The number of aryl methyl sites for hydroxylation is 1. The van der Waals surface area contributed by atoms with Crippen LogP contribution in [0.1, 0.15) is 23.6 Å². The lowest BCUT2D eigenvalue weighted by Crippen LogP contribution is -2.30. The molecule has 2 aromatic rings. The molecule has 2 nitrogen and oxygen atoms in total. The van der Waals surface area contributed by atoms with Crippen LogP contribution < -0.4 is 5.32 Å². The van der Waals surface area contributed by atoms with Gasteiger partial charge >= 0.3 is 0 Å². The van der Waals surface area contributed by atoms with Gasteiger partial charge in [0.1, 0.15) is 5.82 Å². The van der Waals surface area contributed by atoms with Crippen molar-refractivity contribution in [3.63, 3.8) is 0 Å². The van der Waals surface area contributed by atoms with Gasteiger partial charge < -0.3 is 5.32 Å². The van der Waals surface area contributed by atoms with Crippen molar-refractivity contribution in [3.8, 4) is 0 Å². The van der Waals surface area contributed by atoms with E-state index in [0.717, 1.165) is 11.3 Å². The van der Waals surface area contributed by atoms with E-state index in [1.165, 1.54) is 23.3 Å². The molecule has 2 aromatic carbocycles. The summed E-state index contributed by atoms with van der Waals surface area (Å²) in [6.45, 7) is 4.39. The topological polar surface area (TPSA) is 29.1 Å². The zero-order valence-electron chi connectivity index (χ0n) is 12.8. The van der Waals surface area contributed by atoms with Crippen molar-refractivity contribution in [2.45, 2.75) is 31.4 Å². The van der Waals surface area contributed by atoms with Gasteiger partial charge in [-0.1, -0.05) is 42.0 Å². The summed E-state index contributed by atoms with van der Waals surface area (Å²) in [5.74, 6) is 0.548. The lowest BCUT2D eigenvalue weighted by molar-refractivity contribution is -0.120. The number of thioether (sulfide) groups is 1. The number of halogens is 1. The van der Waals surface area contributed by atoms with Crippen molar-refractivity contribution in [1.29, 1.82) is 0 Å². The minimum atomic E-state index is -0.267. The maximum atomic E-state index is 12.8. The van der Waals surface area contributed by atoms with E-state index in [9.17, 15) is 9.18 Å². The summed E-state index contributed by atoms with van der Waals surface area (Å²) in [4.78, 5) is 12.1. The first-order valence-corrected chi connectivity index (χ1v) is 8.29. The second-order valence-electron chi connectivity index (χ2n) is 5.29. The molecule has 0 heterocycles. The normalized spacial score (nSPS) is 12.0. The summed E-state index contributed by atoms with van der Waals surface area (Å²) in [5.41, 5.74) is 3.35. The molecule has 0 saturated heterocycles. The van der Waals surface area contributed by atoms with Gasteiger partial charge in [0.05, 0.1) is 5.25 Å². The molecule has 4 heteroatoms. The Balaban J connectivity index is 1.78. The standard InChI is InChI=1S/C18H20FNOS/c1-13-4-3-5-16(10-13)12-22-14(2)18(21)20-11-15-6-8-17(19)9-7-15/h3-10,14H,11-12H2,1-2H3,(H,20,21)/t14-/m0/s1. The molecule has 1 N–H and O–H groups in total. The minimum Gasteiger partial charge on any atom is -0.351 e. The third kappa shape index (κ3) is 5.19. The van der Waals surface area contributed by atoms with Gasteiger partial charge in [-0.15, -0.1) is 11.8 Å². The SMILES string of the molecule is Cc1cccc(CS[C@@H](C)C(=O)NCc2ccc(F)cc2)c1. The maximum absolute atomic E-state index is 12.8. The predicted molar refractivity (Wildman–Crippen MR) is 90.2 cm³/mol. The number of hydrogen-bond donors (Lipinski definition) is 1. The number of carbonyl (C=O) groups excluding carboxylic acids is 1. The van der Waals surface area contributed by atoms with Crippen molar-refractivity contribution in [3.05, 3.63) is 71.0 Å². The second kappa shape index (κ2) is 7.99. The van der Waals surface area contributed by atoms with Crippen LogP contribution in [0.5, 0.6) is 0 Å². The predicted octanol–water partition coefficient (Wildman–Crippen LogP) is 4.07. The van der Waals surface area contributed by atoms with Crippen LogP contribution in [0.3, 0.4) is 0 Å². The summed E-state index contributed by atoms with van der Waals surface area (Å²) < 4.78 is 12.8. The van der Waals surface area contributed by atoms with Crippen molar-refractivity contribution >= 4 is 17.7 Å². The average Bonchev–Trinajstić information content (AvgIpc) is 2.52. The van der Waals surface area contributed by atoms with Crippen molar-refractivity contribution < 1.29 is 9.18 Å². The fraction of sp³-hybridized carbons (Fsp3) is 0.278. The van der Waals surface area contributed by atoms with Gasteiger partial charge in [-0.05, 0) is 37.1 Å². The van der Waals surface area contributed by atoms with Gasteiger partial charge in [-0.25, -0.2) is 4.39 Å². The quantitative estimate of drug-likeness (QED) is 0.870. The van der Waals surface area contributed by atoms with E-state index in [0.29, 0.717) is 6.54 Å². The van der Waals surface area contributed by atoms with Gasteiger partial charge in [-0.3, -0.25) is 4.79 Å².